The molecule has 1 aromatic heterocycles. The van der Waals surface area contributed by atoms with E-state index in [1.54, 1.807) is 11.3 Å². The van der Waals surface area contributed by atoms with Crippen LogP contribution in [0, 0.1) is 0 Å². The van der Waals surface area contributed by atoms with Gasteiger partial charge in [-0.3, -0.25) is 0 Å². The predicted molar refractivity (Wildman–Crippen MR) is 68.9 cm³/mol. The van der Waals surface area contributed by atoms with Gasteiger partial charge in [-0.25, -0.2) is 4.98 Å². The normalized spacial score (nSPS) is 12.2. The second-order valence-corrected chi connectivity index (χ2v) is 5.30. The average molecular weight is 235 g/mol. The fourth-order valence-corrected chi connectivity index (χ4v) is 2.88. The quantitative estimate of drug-likeness (QED) is 0.881. The molecule has 0 radical (unpaired) electrons. The molecule has 16 heavy (non-hydrogen) atoms. The number of nitrogens with zero attached hydrogens (tertiary/aromatic N) is 1. The number of benzene rings is 1. The highest BCUT2D eigenvalue weighted by atomic mass is 32.1. The number of para-hydroxylation sites is 1. The van der Waals surface area contributed by atoms with E-state index in [-0.39, 0.29) is 0 Å². The van der Waals surface area contributed by atoms with Gasteiger partial charge in [0.15, 0.2) is 0 Å². The van der Waals surface area contributed by atoms with Gasteiger partial charge in [0, 0.05) is 6.42 Å². The number of aliphatic hydroxyl groups is 1. The molecular formula is C13H17NOS. The van der Waals surface area contributed by atoms with Crippen molar-refractivity contribution in [3.05, 3.63) is 29.3 Å². The predicted octanol–water partition coefficient (Wildman–Crippen LogP) is 3.39. The first-order valence-electron chi connectivity index (χ1n) is 5.73. The van der Waals surface area contributed by atoms with Crippen LogP contribution in [0.25, 0.3) is 10.2 Å². The summed E-state index contributed by atoms with van der Waals surface area (Å²) in [4.78, 5) is 4.55. The van der Waals surface area contributed by atoms with E-state index in [9.17, 15) is 5.11 Å². The first-order valence-corrected chi connectivity index (χ1v) is 6.55. The second kappa shape index (κ2) is 4.52. The molecule has 3 heteroatoms. The fourth-order valence-electron chi connectivity index (χ4n) is 1.78. The van der Waals surface area contributed by atoms with E-state index in [2.05, 4.69) is 11.1 Å². The molecule has 1 aromatic carbocycles. The van der Waals surface area contributed by atoms with Gasteiger partial charge in [-0.1, -0.05) is 26.0 Å². The summed E-state index contributed by atoms with van der Waals surface area (Å²) in [7, 11) is 0. The van der Waals surface area contributed by atoms with Crippen LogP contribution in [-0.4, -0.2) is 15.7 Å². The molecule has 0 fully saturated rings. The Balaban J connectivity index is 2.27. The van der Waals surface area contributed by atoms with Crippen LogP contribution in [0.3, 0.4) is 0 Å². The highest BCUT2D eigenvalue weighted by molar-refractivity contribution is 7.18. The Morgan fingerprint density at radius 2 is 1.94 bits per heavy atom. The number of fused-ring (bicyclic) bond motifs is 1. The molecule has 0 bridgehead atoms. The van der Waals surface area contributed by atoms with Gasteiger partial charge in [0.05, 0.1) is 20.8 Å². The number of hydrogen-bond acceptors (Lipinski definition) is 3. The third-order valence-electron chi connectivity index (χ3n) is 3.13. The number of thiazole rings is 1. The minimum atomic E-state index is -0.589. The second-order valence-electron chi connectivity index (χ2n) is 4.18. The van der Waals surface area contributed by atoms with Crippen LogP contribution in [0.15, 0.2) is 24.3 Å². The van der Waals surface area contributed by atoms with Crippen LogP contribution < -0.4 is 0 Å². The minimum absolute atomic E-state index is 0.589. The van der Waals surface area contributed by atoms with Crippen molar-refractivity contribution in [2.45, 2.75) is 38.7 Å². The van der Waals surface area contributed by atoms with Crippen molar-refractivity contribution in [1.29, 1.82) is 0 Å². The largest absolute Gasteiger partial charge is 0.389 e. The summed E-state index contributed by atoms with van der Waals surface area (Å²) in [5, 5.41) is 11.3. The molecule has 0 aliphatic heterocycles. The Bertz CT molecular complexity index is 440. The third-order valence-corrected chi connectivity index (χ3v) is 4.17. The van der Waals surface area contributed by atoms with Crippen molar-refractivity contribution in [2.75, 3.05) is 0 Å². The van der Waals surface area contributed by atoms with Crippen LogP contribution in [-0.2, 0) is 6.42 Å². The van der Waals surface area contributed by atoms with Crippen molar-refractivity contribution in [2.24, 2.45) is 0 Å². The van der Waals surface area contributed by atoms with E-state index < -0.39 is 5.60 Å². The SMILES string of the molecule is CCC(O)(CC)Cc1nc2ccccc2s1. The summed E-state index contributed by atoms with van der Waals surface area (Å²) >= 11 is 1.68. The van der Waals surface area contributed by atoms with Gasteiger partial charge in [-0.05, 0) is 25.0 Å². The molecule has 0 aliphatic carbocycles. The lowest BCUT2D eigenvalue weighted by molar-refractivity contribution is 0.0326. The van der Waals surface area contributed by atoms with Gasteiger partial charge >= 0.3 is 0 Å². The average Bonchev–Trinajstić information content (AvgIpc) is 2.70. The molecule has 2 aromatic rings. The van der Waals surface area contributed by atoms with E-state index in [4.69, 9.17) is 0 Å². The zero-order valence-electron chi connectivity index (χ0n) is 9.73. The lowest BCUT2D eigenvalue weighted by Gasteiger charge is -2.23. The van der Waals surface area contributed by atoms with Crippen molar-refractivity contribution in [3.8, 4) is 0 Å². The molecule has 86 valence electrons. The molecule has 0 amide bonds. The van der Waals surface area contributed by atoms with E-state index in [1.807, 2.05) is 32.0 Å². The van der Waals surface area contributed by atoms with Gasteiger partial charge in [-0.2, -0.15) is 0 Å². The van der Waals surface area contributed by atoms with Gasteiger partial charge in [0.1, 0.15) is 0 Å². The Kier molecular flexibility index (Phi) is 3.26. The fraction of sp³-hybridized carbons (Fsp3) is 0.462. The molecule has 0 spiro atoms. The summed E-state index contributed by atoms with van der Waals surface area (Å²) in [5.41, 5.74) is 0.450. The molecule has 1 N–H and O–H groups in total. The lowest BCUT2D eigenvalue weighted by atomic mass is 9.94. The Morgan fingerprint density at radius 3 is 2.56 bits per heavy atom. The highest BCUT2D eigenvalue weighted by Gasteiger charge is 2.24. The molecule has 1 heterocycles. The maximum Gasteiger partial charge on any atom is 0.0967 e. The smallest absolute Gasteiger partial charge is 0.0967 e. The molecular weight excluding hydrogens is 218 g/mol. The summed E-state index contributed by atoms with van der Waals surface area (Å²) in [6.07, 6.45) is 2.22. The van der Waals surface area contributed by atoms with Gasteiger partial charge < -0.3 is 5.11 Å². The van der Waals surface area contributed by atoms with E-state index in [0.29, 0.717) is 6.42 Å². The van der Waals surface area contributed by atoms with Crippen molar-refractivity contribution < 1.29 is 5.11 Å². The van der Waals surface area contributed by atoms with Crippen molar-refractivity contribution in [1.82, 2.24) is 4.98 Å². The molecule has 0 saturated carbocycles. The Morgan fingerprint density at radius 1 is 1.25 bits per heavy atom. The summed E-state index contributed by atoms with van der Waals surface area (Å²) in [6.45, 7) is 4.05. The van der Waals surface area contributed by atoms with Gasteiger partial charge in [0.25, 0.3) is 0 Å². The molecule has 0 aliphatic rings. The number of aromatic nitrogens is 1. The van der Waals surface area contributed by atoms with Crippen LogP contribution >= 0.6 is 11.3 Å². The van der Waals surface area contributed by atoms with Gasteiger partial charge in [-0.15, -0.1) is 11.3 Å². The zero-order chi connectivity index (χ0) is 11.6. The van der Waals surface area contributed by atoms with Gasteiger partial charge in [0.2, 0.25) is 0 Å². The maximum absolute atomic E-state index is 10.3. The number of rotatable bonds is 4. The summed E-state index contributed by atoms with van der Waals surface area (Å²) in [6, 6.07) is 8.12. The topological polar surface area (TPSA) is 33.1 Å². The highest BCUT2D eigenvalue weighted by Crippen LogP contribution is 2.27. The molecule has 2 rings (SSSR count). The van der Waals surface area contributed by atoms with E-state index in [0.717, 1.165) is 23.4 Å². The Labute approximate surface area is 100.0 Å². The number of hydrogen-bond donors (Lipinski definition) is 1. The molecule has 0 unspecified atom stereocenters. The Hall–Kier alpha value is -0.930. The van der Waals surface area contributed by atoms with E-state index >= 15 is 0 Å². The van der Waals surface area contributed by atoms with Crippen LogP contribution in [0.5, 0.6) is 0 Å². The maximum atomic E-state index is 10.3. The molecule has 2 nitrogen and oxygen atoms in total. The summed E-state index contributed by atoms with van der Waals surface area (Å²) in [5.74, 6) is 0. The van der Waals surface area contributed by atoms with Crippen molar-refractivity contribution >= 4 is 21.6 Å². The first-order chi connectivity index (χ1) is 7.67. The monoisotopic (exact) mass is 235 g/mol. The third kappa shape index (κ3) is 2.25. The lowest BCUT2D eigenvalue weighted by Crippen LogP contribution is -2.29. The molecule has 0 atom stereocenters. The summed E-state index contributed by atoms with van der Waals surface area (Å²) < 4.78 is 1.20. The van der Waals surface area contributed by atoms with Crippen LogP contribution in [0.4, 0.5) is 0 Å². The van der Waals surface area contributed by atoms with Crippen molar-refractivity contribution in [3.63, 3.8) is 0 Å². The van der Waals surface area contributed by atoms with Crippen LogP contribution in [0.2, 0.25) is 0 Å². The zero-order valence-corrected chi connectivity index (χ0v) is 10.5. The van der Waals surface area contributed by atoms with Crippen LogP contribution in [0.1, 0.15) is 31.7 Å². The minimum Gasteiger partial charge on any atom is -0.389 e. The standard InChI is InChI=1S/C13H17NOS/c1-3-13(15,4-2)9-12-14-10-7-5-6-8-11(10)16-12/h5-8,15H,3-4,9H2,1-2H3. The van der Waals surface area contributed by atoms with E-state index in [1.165, 1.54) is 4.70 Å². The first kappa shape index (κ1) is 11.6. The molecule has 0 saturated heterocycles.